The summed E-state index contributed by atoms with van der Waals surface area (Å²) in [5, 5.41) is 0.772. The maximum Gasteiger partial charge on any atom is 0.180 e. The Morgan fingerprint density at radius 3 is 2.68 bits per heavy atom. The first-order valence-electron chi connectivity index (χ1n) is 8.55. The molecule has 2 N–H and O–H groups in total. The average Bonchev–Trinajstić information content (AvgIpc) is 3.18. The Morgan fingerprint density at radius 1 is 0.929 bits per heavy atom. The van der Waals surface area contributed by atoms with E-state index in [1.54, 1.807) is 47.3 Å². The number of aromatic nitrogens is 4. The standard InChI is InChI=1S/C21H13F2N5/c22-14-5-1-3-13(9-14)18-19(28-8-7-26-21(28)20(24)27-18)15-10-12-4-2-6-25-17(12)11-16(15)23/h1-11H,(H2,24,27). The van der Waals surface area contributed by atoms with Crippen molar-refractivity contribution in [1.29, 1.82) is 0 Å². The normalized spacial score (nSPS) is 11.4. The van der Waals surface area contributed by atoms with E-state index in [4.69, 9.17) is 5.73 Å². The number of nitrogens with two attached hydrogens (primary N) is 1. The molecule has 5 rings (SSSR count). The fourth-order valence-corrected chi connectivity index (χ4v) is 3.38. The van der Waals surface area contributed by atoms with Crippen molar-refractivity contribution in [2.45, 2.75) is 0 Å². The van der Waals surface area contributed by atoms with Crippen LogP contribution in [0.25, 0.3) is 39.1 Å². The maximum absolute atomic E-state index is 15.1. The Balaban J connectivity index is 1.91. The molecule has 2 aromatic carbocycles. The van der Waals surface area contributed by atoms with Crippen LogP contribution in [-0.2, 0) is 0 Å². The summed E-state index contributed by atoms with van der Waals surface area (Å²) in [7, 11) is 0. The third-order valence-corrected chi connectivity index (χ3v) is 4.61. The first-order chi connectivity index (χ1) is 13.6. The van der Waals surface area contributed by atoms with Gasteiger partial charge < -0.3 is 5.73 Å². The van der Waals surface area contributed by atoms with E-state index >= 15 is 4.39 Å². The zero-order valence-corrected chi connectivity index (χ0v) is 14.5. The van der Waals surface area contributed by atoms with Crippen molar-refractivity contribution < 1.29 is 8.78 Å². The second-order valence-corrected chi connectivity index (χ2v) is 6.35. The van der Waals surface area contributed by atoms with E-state index in [2.05, 4.69) is 15.0 Å². The van der Waals surface area contributed by atoms with E-state index in [1.165, 1.54) is 18.2 Å². The number of pyridine rings is 1. The van der Waals surface area contributed by atoms with Crippen LogP contribution in [0.5, 0.6) is 0 Å². The number of fused-ring (bicyclic) bond motifs is 2. The van der Waals surface area contributed by atoms with Gasteiger partial charge in [-0.25, -0.2) is 18.7 Å². The molecule has 0 aliphatic heterocycles. The summed E-state index contributed by atoms with van der Waals surface area (Å²) in [5.41, 5.74) is 8.60. The molecule has 3 aromatic heterocycles. The van der Waals surface area contributed by atoms with Crippen molar-refractivity contribution in [3.05, 3.63) is 78.8 Å². The minimum atomic E-state index is -0.467. The van der Waals surface area contributed by atoms with E-state index in [0.29, 0.717) is 33.7 Å². The number of anilines is 1. The van der Waals surface area contributed by atoms with Crippen LogP contribution >= 0.6 is 0 Å². The summed E-state index contributed by atoms with van der Waals surface area (Å²) >= 11 is 0. The van der Waals surface area contributed by atoms with Crippen LogP contribution < -0.4 is 5.73 Å². The molecule has 0 atom stereocenters. The molecule has 0 saturated carbocycles. The molecule has 7 heteroatoms. The van der Waals surface area contributed by atoms with Gasteiger partial charge >= 0.3 is 0 Å². The number of hydrogen-bond acceptors (Lipinski definition) is 4. The van der Waals surface area contributed by atoms with Gasteiger partial charge in [-0.05, 0) is 24.3 Å². The van der Waals surface area contributed by atoms with Crippen molar-refractivity contribution in [3.8, 4) is 22.5 Å². The lowest BCUT2D eigenvalue weighted by atomic mass is 10.0. The Labute approximate surface area is 158 Å². The molecule has 0 aliphatic carbocycles. The van der Waals surface area contributed by atoms with Gasteiger partial charge in [0.1, 0.15) is 11.6 Å². The number of rotatable bonds is 2. The van der Waals surface area contributed by atoms with Crippen molar-refractivity contribution in [3.63, 3.8) is 0 Å². The Bertz CT molecular complexity index is 1360. The van der Waals surface area contributed by atoms with Crippen LogP contribution in [0.3, 0.4) is 0 Å². The molecule has 0 bridgehead atoms. The fraction of sp³-hybridized carbons (Fsp3) is 0. The molecule has 0 fully saturated rings. The fourth-order valence-electron chi connectivity index (χ4n) is 3.38. The lowest BCUT2D eigenvalue weighted by Crippen LogP contribution is -2.05. The highest BCUT2D eigenvalue weighted by Gasteiger charge is 2.20. The van der Waals surface area contributed by atoms with Crippen LogP contribution in [0.4, 0.5) is 14.6 Å². The number of nitrogen functional groups attached to an aromatic ring is 1. The molecular weight excluding hydrogens is 360 g/mol. The minimum absolute atomic E-state index is 0.177. The largest absolute Gasteiger partial charge is 0.381 e. The van der Waals surface area contributed by atoms with Crippen LogP contribution in [-0.4, -0.2) is 19.4 Å². The molecule has 5 aromatic rings. The third-order valence-electron chi connectivity index (χ3n) is 4.61. The van der Waals surface area contributed by atoms with Crippen LogP contribution in [0.15, 0.2) is 67.1 Å². The summed E-state index contributed by atoms with van der Waals surface area (Å²) in [4.78, 5) is 12.8. The molecule has 0 unspecified atom stereocenters. The summed E-state index contributed by atoms with van der Waals surface area (Å²) in [5.74, 6) is -0.709. The number of imidazole rings is 1. The van der Waals surface area contributed by atoms with Gasteiger partial charge in [0, 0.05) is 41.2 Å². The molecule has 3 heterocycles. The summed E-state index contributed by atoms with van der Waals surface area (Å²) in [6.45, 7) is 0. The molecule has 0 radical (unpaired) electrons. The summed E-state index contributed by atoms with van der Waals surface area (Å²) < 4.78 is 30.6. The Morgan fingerprint density at radius 2 is 1.82 bits per heavy atom. The van der Waals surface area contributed by atoms with E-state index in [9.17, 15) is 4.39 Å². The van der Waals surface area contributed by atoms with E-state index < -0.39 is 11.6 Å². The van der Waals surface area contributed by atoms with E-state index in [-0.39, 0.29) is 5.82 Å². The van der Waals surface area contributed by atoms with Gasteiger partial charge in [-0.2, -0.15) is 0 Å². The average molecular weight is 373 g/mol. The lowest BCUT2D eigenvalue weighted by Gasteiger charge is -2.15. The lowest BCUT2D eigenvalue weighted by molar-refractivity contribution is 0.628. The van der Waals surface area contributed by atoms with Crippen LogP contribution in [0.1, 0.15) is 0 Å². The molecule has 0 spiro atoms. The van der Waals surface area contributed by atoms with Gasteiger partial charge in [0.2, 0.25) is 0 Å². The molecule has 136 valence electrons. The van der Waals surface area contributed by atoms with Crippen LogP contribution in [0.2, 0.25) is 0 Å². The van der Waals surface area contributed by atoms with Gasteiger partial charge in [-0.3, -0.25) is 9.38 Å². The van der Waals surface area contributed by atoms with Gasteiger partial charge in [0.05, 0.1) is 16.9 Å². The SMILES string of the molecule is Nc1nc(-c2cccc(F)c2)c(-c2cc3cccnc3cc2F)n2ccnc12. The second-order valence-electron chi connectivity index (χ2n) is 6.35. The molecule has 28 heavy (non-hydrogen) atoms. The maximum atomic E-state index is 15.1. The van der Waals surface area contributed by atoms with Gasteiger partial charge in [-0.1, -0.05) is 18.2 Å². The summed E-state index contributed by atoms with van der Waals surface area (Å²) in [6, 6.07) is 12.7. The zero-order chi connectivity index (χ0) is 19.3. The second kappa shape index (κ2) is 6.09. The minimum Gasteiger partial charge on any atom is -0.381 e. The first-order valence-corrected chi connectivity index (χ1v) is 8.55. The predicted molar refractivity (Wildman–Crippen MR) is 103 cm³/mol. The topological polar surface area (TPSA) is 69.1 Å². The van der Waals surface area contributed by atoms with Crippen LogP contribution in [0, 0.1) is 11.6 Å². The van der Waals surface area contributed by atoms with Crippen molar-refractivity contribution in [2.75, 3.05) is 5.73 Å². The highest BCUT2D eigenvalue weighted by Crippen LogP contribution is 2.36. The monoisotopic (exact) mass is 373 g/mol. The molecule has 5 nitrogen and oxygen atoms in total. The van der Waals surface area contributed by atoms with E-state index in [0.717, 1.165) is 5.39 Å². The van der Waals surface area contributed by atoms with Crippen molar-refractivity contribution in [1.82, 2.24) is 19.4 Å². The zero-order valence-electron chi connectivity index (χ0n) is 14.5. The van der Waals surface area contributed by atoms with Gasteiger partial charge in [0.25, 0.3) is 0 Å². The van der Waals surface area contributed by atoms with Crippen molar-refractivity contribution in [2.24, 2.45) is 0 Å². The highest BCUT2D eigenvalue weighted by molar-refractivity contribution is 5.89. The molecular formula is C21H13F2N5. The third kappa shape index (κ3) is 2.48. The summed E-state index contributed by atoms with van der Waals surface area (Å²) in [6.07, 6.45) is 4.85. The Hall–Kier alpha value is -3.87. The molecule has 0 aliphatic rings. The number of hydrogen-bond donors (Lipinski definition) is 1. The number of halogens is 2. The van der Waals surface area contributed by atoms with Crippen molar-refractivity contribution >= 4 is 22.4 Å². The smallest absolute Gasteiger partial charge is 0.180 e. The number of nitrogens with zero attached hydrogens (tertiary/aromatic N) is 4. The predicted octanol–water partition coefficient (Wildman–Crippen LogP) is 4.47. The van der Waals surface area contributed by atoms with Gasteiger partial charge in [0.15, 0.2) is 11.5 Å². The quantitative estimate of drug-likeness (QED) is 0.496. The first kappa shape index (κ1) is 16.3. The molecule has 0 saturated heterocycles. The highest BCUT2D eigenvalue weighted by atomic mass is 19.1. The van der Waals surface area contributed by atoms with Gasteiger partial charge in [-0.15, -0.1) is 0 Å². The molecule has 0 amide bonds. The Kier molecular flexibility index (Phi) is 3.55. The number of benzene rings is 2. The van der Waals surface area contributed by atoms with E-state index in [1.807, 2.05) is 6.07 Å².